The van der Waals surface area contributed by atoms with Gasteiger partial charge in [-0.05, 0) is 37.5 Å². The molecular formula is C12H13F3O3S. The van der Waals surface area contributed by atoms with Crippen molar-refractivity contribution in [2.45, 2.75) is 25.8 Å². The summed E-state index contributed by atoms with van der Waals surface area (Å²) in [6, 6.07) is 4.27. The van der Waals surface area contributed by atoms with E-state index in [2.05, 4.69) is 10.8 Å². The number of halogens is 3. The molecule has 106 valence electrons. The highest BCUT2D eigenvalue weighted by Gasteiger charge is 2.48. The minimum absolute atomic E-state index is 0.312. The molecule has 1 aromatic rings. The quantitative estimate of drug-likeness (QED) is 0.486. The summed E-state index contributed by atoms with van der Waals surface area (Å²) in [6.07, 6.45) is 0.563. The van der Waals surface area contributed by atoms with Gasteiger partial charge >= 0.3 is 15.6 Å². The Morgan fingerprint density at radius 2 is 1.95 bits per heavy atom. The van der Waals surface area contributed by atoms with E-state index in [4.69, 9.17) is 0 Å². The molecule has 1 aromatic carbocycles. The topological polar surface area (TPSA) is 43.4 Å². The van der Waals surface area contributed by atoms with Gasteiger partial charge in [0, 0.05) is 0 Å². The van der Waals surface area contributed by atoms with Crippen molar-refractivity contribution in [3.05, 3.63) is 41.5 Å². The highest BCUT2D eigenvalue weighted by molar-refractivity contribution is 7.88. The van der Waals surface area contributed by atoms with E-state index in [1.54, 1.807) is 6.07 Å². The summed E-state index contributed by atoms with van der Waals surface area (Å²) in [4.78, 5) is 0. The Hall–Kier alpha value is -1.50. The number of alkyl halides is 3. The van der Waals surface area contributed by atoms with Crippen molar-refractivity contribution in [1.29, 1.82) is 0 Å². The molecule has 0 spiro atoms. The molecule has 19 heavy (non-hydrogen) atoms. The predicted octanol–water partition coefficient (Wildman–Crippen LogP) is 3.34. The molecule has 0 aliphatic heterocycles. The summed E-state index contributed by atoms with van der Waals surface area (Å²) >= 11 is 0. The Balaban J connectivity index is 3.02. The third kappa shape index (κ3) is 3.99. The Morgan fingerprint density at radius 3 is 2.37 bits per heavy atom. The van der Waals surface area contributed by atoms with Gasteiger partial charge in [0.2, 0.25) is 0 Å². The number of rotatable bonds is 4. The third-order valence-corrected chi connectivity index (χ3v) is 3.19. The first-order valence-electron chi connectivity index (χ1n) is 5.27. The van der Waals surface area contributed by atoms with E-state index in [1.807, 2.05) is 6.92 Å². The van der Waals surface area contributed by atoms with Crippen LogP contribution < -0.4 is 4.18 Å². The minimum Gasteiger partial charge on any atom is -0.376 e. The van der Waals surface area contributed by atoms with Crippen molar-refractivity contribution in [3.8, 4) is 5.75 Å². The van der Waals surface area contributed by atoms with Gasteiger partial charge in [-0.15, -0.1) is 0 Å². The normalized spacial score (nSPS) is 12.3. The molecule has 3 nitrogen and oxygen atoms in total. The predicted molar refractivity (Wildman–Crippen MR) is 65.3 cm³/mol. The van der Waals surface area contributed by atoms with Crippen molar-refractivity contribution < 1.29 is 25.8 Å². The molecular weight excluding hydrogens is 281 g/mol. The standard InChI is InChI=1S/C12H13F3O3S/c1-8(2)6-10-4-5-11(9(3)7-10)18-19(16,17)12(13,14)15/h4-5,7H,1,6H2,2-3H3. The molecule has 0 fully saturated rings. The summed E-state index contributed by atoms with van der Waals surface area (Å²) in [5.41, 5.74) is -3.42. The van der Waals surface area contributed by atoms with Crippen LogP contribution in [0.3, 0.4) is 0 Å². The molecule has 0 aliphatic carbocycles. The lowest BCUT2D eigenvalue weighted by Gasteiger charge is -2.12. The first kappa shape index (κ1) is 15.6. The lowest BCUT2D eigenvalue weighted by atomic mass is 10.0. The summed E-state index contributed by atoms with van der Waals surface area (Å²) < 4.78 is 62.4. The second-order valence-corrected chi connectivity index (χ2v) is 5.75. The zero-order valence-electron chi connectivity index (χ0n) is 10.4. The maximum absolute atomic E-state index is 12.2. The van der Waals surface area contributed by atoms with Crippen molar-refractivity contribution in [1.82, 2.24) is 0 Å². The van der Waals surface area contributed by atoms with Gasteiger partial charge in [0.05, 0.1) is 0 Å². The van der Waals surface area contributed by atoms with E-state index in [1.165, 1.54) is 19.1 Å². The first-order valence-corrected chi connectivity index (χ1v) is 6.68. The van der Waals surface area contributed by atoms with Crippen LogP contribution in [0.4, 0.5) is 13.2 Å². The summed E-state index contributed by atoms with van der Waals surface area (Å²) in [5.74, 6) is -0.331. The van der Waals surface area contributed by atoms with E-state index in [9.17, 15) is 21.6 Å². The molecule has 0 saturated carbocycles. The number of allylic oxidation sites excluding steroid dienone is 1. The second kappa shape index (κ2) is 5.24. The van der Waals surface area contributed by atoms with Crippen LogP contribution in [0.5, 0.6) is 5.75 Å². The van der Waals surface area contributed by atoms with Crippen molar-refractivity contribution in [3.63, 3.8) is 0 Å². The van der Waals surface area contributed by atoms with E-state index >= 15 is 0 Å². The van der Waals surface area contributed by atoms with Crippen molar-refractivity contribution in [2.24, 2.45) is 0 Å². The third-order valence-electron chi connectivity index (χ3n) is 2.23. The van der Waals surface area contributed by atoms with Gasteiger partial charge in [-0.2, -0.15) is 21.6 Å². The number of hydrogen-bond donors (Lipinski definition) is 0. The van der Waals surface area contributed by atoms with Crippen molar-refractivity contribution >= 4 is 10.1 Å². The van der Waals surface area contributed by atoms with E-state index in [-0.39, 0.29) is 5.75 Å². The van der Waals surface area contributed by atoms with Crippen LogP contribution in [-0.2, 0) is 16.5 Å². The largest absolute Gasteiger partial charge is 0.534 e. The smallest absolute Gasteiger partial charge is 0.376 e. The lowest BCUT2D eigenvalue weighted by molar-refractivity contribution is -0.0500. The molecule has 0 bridgehead atoms. The van der Waals surface area contributed by atoms with Gasteiger partial charge in [0.1, 0.15) is 5.75 Å². The molecule has 0 unspecified atom stereocenters. The maximum atomic E-state index is 12.2. The van der Waals surface area contributed by atoms with Crippen LogP contribution in [0.25, 0.3) is 0 Å². The van der Waals surface area contributed by atoms with Crippen LogP contribution in [0.1, 0.15) is 18.1 Å². The average Bonchev–Trinajstić information content (AvgIpc) is 2.19. The maximum Gasteiger partial charge on any atom is 0.534 e. The van der Waals surface area contributed by atoms with Crippen LogP contribution in [0.15, 0.2) is 30.4 Å². The average molecular weight is 294 g/mol. The number of hydrogen-bond acceptors (Lipinski definition) is 3. The van der Waals surface area contributed by atoms with Gasteiger partial charge < -0.3 is 4.18 Å². The molecule has 0 atom stereocenters. The Labute approximate surface area is 109 Å². The van der Waals surface area contributed by atoms with Crippen molar-refractivity contribution in [2.75, 3.05) is 0 Å². The highest BCUT2D eigenvalue weighted by Crippen LogP contribution is 2.29. The fourth-order valence-electron chi connectivity index (χ4n) is 1.43. The fourth-order valence-corrected chi connectivity index (χ4v) is 1.95. The Bertz CT molecular complexity index is 589. The van der Waals surface area contributed by atoms with Gasteiger partial charge in [0.15, 0.2) is 0 Å². The lowest BCUT2D eigenvalue weighted by Crippen LogP contribution is -2.28. The Kier molecular flexibility index (Phi) is 4.29. The zero-order chi connectivity index (χ0) is 14.8. The first-order chi connectivity index (χ1) is 8.53. The molecule has 0 heterocycles. The van der Waals surface area contributed by atoms with Crippen LogP contribution in [-0.4, -0.2) is 13.9 Å². The molecule has 0 amide bonds. The van der Waals surface area contributed by atoms with Gasteiger partial charge in [-0.1, -0.05) is 24.3 Å². The van der Waals surface area contributed by atoms with Crippen LogP contribution in [0.2, 0.25) is 0 Å². The monoisotopic (exact) mass is 294 g/mol. The van der Waals surface area contributed by atoms with Gasteiger partial charge in [-0.25, -0.2) is 0 Å². The molecule has 0 saturated heterocycles. The molecule has 0 aliphatic rings. The molecule has 0 N–H and O–H groups in total. The Morgan fingerprint density at radius 1 is 1.37 bits per heavy atom. The summed E-state index contributed by atoms with van der Waals surface area (Å²) in [5, 5.41) is 0. The fraction of sp³-hybridized carbons (Fsp3) is 0.333. The zero-order valence-corrected chi connectivity index (χ0v) is 11.2. The highest BCUT2D eigenvalue weighted by atomic mass is 32.2. The molecule has 1 rings (SSSR count). The van der Waals surface area contributed by atoms with E-state index < -0.39 is 15.6 Å². The van der Waals surface area contributed by atoms with E-state index in [0.717, 1.165) is 11.1 Å². The molecule has 7 heteroatoms. The second-order valence-electron chi connectivity index (χ2n) is 4.22. The SMILES string of the molecule is C=C(C)Cc1ccc(OS(=O)(=O)C(F)(F)F)c(C)c1. The number of aryl methyl sites for hydroxylation is 1. The molecule has 0 radical (unpaired) electrons. The van der Waals surface area contributed by atoms with Gasteiger partial charge in [0.25, 0.3) is 0 Å². The van der Waals surface area contributed by atoms with Crippen LogP contribution >= 0.6 is 0 Å². The van der Waals surface area contributed by atoms with Gasteiger partial charge in [-0.3, -0.25) is 0 Å². The van der Waals surface area contributed by atoms with E-state index in [0.29, 0.717) is 12.0 Å². The van der Waals surface area contributed by atoms with Crippen LogP contribution in [0, 0.1) is 6.92 Å². The minimum atomic E-state index is -5.63. The summed E-state index contributed by atoms with van der Waals surface area (Å²) in [7, 11) is -5.63. The summed E-state index contributed by atoms with van der Waals surface area (Å²) in [6.45, 7) is 7.01. The molecule has 0 aromatic heterocycles. The number of benzene rings is 1.